The molecule has 0 aliphatic heterocycles. The maximum Gasteiger partial charge on any atom is 0.326 e. The molecule has 1 aromatic rings. The van der Waals surface area contributed by atoms with Gasteiger partial charge in [0, 0.05) is 11.6 Å². The Bertz CT molecular complexity index is 574. The molecule has 1 atom stereocenters. The van der Waals surface area contributed by atoms with E-state index in [0.717, 1.165) is 6.07 Å². The number of rotatable bonds is 6. The van der Waals surface area contributed by atoms with E-state index >= 15 is 0 Å². The number of hydrogen-bond donors (Lipinski definition) is 2. The van der Waals surface area contributed by atoms with Crippen molar-refractivity contribution in [3.63, 3.8) is 0 Å². The number of nitro benzene ring substituents is 1. The molecular weight excluding hydrogens is 296 g/mol. The summed E-state index contributed by atoms with van der Waals surface area (Å²) >= 11 is 1.20. The van der Waals surface area contributed by atoms with Crippen LogP contribution in [0.1, 0.15) is 24.2 Å². The van der Waals surface area contributed by atoms with Gasteiger partial charge in [0.15, 0.2) is 0 Å². The number of thioether (sulfide) groups is 1. The molecule has 0 bridgehead atoms. The van der Waals surface area contributed by atoms with Gasteiger partial charge in [-0.3, -0.25) is 14.9 Å². The number of nitrogens with one attached hydrogen (secondary N) is 1. The van der Waals surface area contributed by atoms with E-state index in [0.29, 0.717) is 4.90 Å². The molecule has 7 nitrogen and oxygen atoms in total. The van der Waals surface area contributed by atoms with Crippen LogP contribution in [0.3, 0.4) is 0 Å². The van der Waals surface area contributed by atoms with Crippen LogP contribution in [0.2, 0.25) is 0 Å². The van der Waals surface area contributed by atoms with Gasteiger partial charge in [0.05, 0.1) is 9.82 Å². The average Bonchev–Trinajstić information content (AvgIpc) is 2.42. The third kappa shape index (κ3) is 4.19. The molecule has 114 valence electrons. The summed E-state index contributed by atoms with van der Waals surface area (Å²) in [5.74, 6) is -2.09. The lowest BCUT2D eigenvalue weighted by Crippen LogP contribution is -2.44. The van der Waals surface area contributed by atoms with E-state index in [1.807, 2.05) is 0 Å². The zero-order chi connectivity index (χ0) is 16.2. The van der Waals surface area contributed by atoms with Gasteiger partial charge in [0.25, 0.3) is 11.6 Å². The smallest absolute Gasteiger partial charge is 0.326 e. The van der Waals surface area contributed by atoms with Crippen molar-refractivity contribution in [3.05, 3.63) is 33.9 Å². The van der Waals surface area contributed by atoms with Gasteiger partial charge in [0.1, 0.15) is 6.04 Å². The Balaban J connectivity index is 3.05. The maximum atomic E-state index is 12.0. The largest absolute Gasteiger partial charge is 0.480 e. The van der Waals surface area contributed by atoms with Crippen LogP contribution in [0.25, 0.3) is 0 Å². The van der Waals surface area contributed by atoms with Crippen molar-refractivity contribution in [2.24, 2.45) is 5.92 Å². The molecular formula is C13H16N2O5S. The molecule has 8 heteroatoms. The van der Waals surface area contributed by atoms with Crippen LogP contribution in [-0.2, 0) is 4.79 Å². The van der Waals surface area contributed by atoms with Crippen molar-refractivity contribution in [1.82, 2.24) is 5.32 Å². The summed E-state index contributed by atoms with van der Waals surface area (Å²) in [7, 11) is 0. The fourth-order valence-electron chi connectivity index (χ4n) is 1.71. The van der Waals surface area contributed by atoms with Crippen molar-refractivity contribution in [2.75, 3.05) is 6.26 Å². The van der Waals surface area contributed by atoms with E-state index in [4.69, 9.17) is 5.11 Å². The second-order valence-electron chi connectivity index (χ2n) is 4.68. The minimum Gasteiger partial charge on any atom is -0.480 e. The fraction of sp³-hybridized carbons (Fsp3) is 0.385. The second kappa shape index (κ2) is 7.07. The minimum atomic E-state index is -1.14. The molecule has 0 saturated heterocycles. The number of carboxylic acid groups (broad SMARTS) is 1. The summed E-state index contributed by atoms with van der Waals surface area (Å²) in [6, 6.07) is 3.02. The Morgan fingerprint density at radius 3 is 2.43 bits per heavy atom. The predicted molar refractivity (Wildman–Crippen MR) is 78.6 cm³/mol. The molecule has 2 N–H and O–H groups in total. The molecule has 0 radical (unpaired) electrons. The minimum absolute atomic E-state index is 0.0615. The highest BCUT2D eigenvalue weighted by atomic mass is 32.2. The standard InChI is InChI=1S/C13H16N2O5S/c1-7(2)11(13(17)18)14-12(16)8-4-5-10(21-3)9(6-8)15(19)20/h4-7,11H,1-3H3,(H,14,16)(H,17,18)/t11-/m1/s1. The number of nitro groups is 1. The van der Waals surface area contributed by atoms with Crippen LogP contribution in [0.5, 0.6) is 0 Å². The van der Waals surface area contributed by atoms with Crippen LogP contribution in [0.15, 0.2) is 23.1 Å². The van der Waals surface area contributed by atoms with Crippen LogP contribution in [-0.4, -0.2) is 34.2 Å². The molecule has 21 heavy (non-hydrogen) atoms. The topological polar surface area (TPSA) is 110 Å². The summed E-state index contributed by atoms with van der Waals surface area (Å²) in [5, 5.41) is 22.4. The summed E-state index contributed by atoms with van der Waals surface area (Å²) in [6.07, 6.45) is 1.70. The first kappa shape index (κ1) is 17.0. The first-order valence-electron chi connectivity index (χ1n) is 6.14. The zero-order valence-corrected chi connectivity index (χ0v) is 12.6. The van der Waals surface area contributed by atoms with Gasteiger partial charge in [-0.2, -0.15) is 0 Å². The van der Waals surface area contributed by atoms with E-state index in [1.54, 1.807) is 20.1 Å². The van der Waals surface area contributed by atoms with Crippen LogP contribution in [0, 0.1) is 16.0 Å². The SMILES string of the molecule is CSc1ccc(C(=O)N[C@@H](C(=O)O)C(C)C)cc1[N+](=O)[O-]. The number of amides is 1. The van der Waals surface area contributed by atoms with Gasteiger partial charge in [-0.25, -0.2) is 4.79 Å². The number of aliphatic carboxylic acids is 1. The average molecular weight is 312 g/mol. The highest BCUT2D eigenvalue weighted by molar-refractivity contribution is 7.98. The number of hydrogen-bond acceptors (Lipinski definition) is 5. The molecule has 1 rings (SSSR count). The summed E-state index contributed by atoms with van der Waals surface area (Å²) in [6.45, 7) is 3.33. The first-order valence-corrected chi connectivity index (χ1v) is 7.36. The molecule has 1 aromatic carbocycles. The highest BCUT2D eigenvalue weighted by Gasteiger charge is 2.25. The van der Waals surface area contributed by atoms with Gasteiger partial charge >= 0.3 is 5.97 Å². The molecule has 0 aliphatic rings. The molecule has 0 unspecified atom stereocenters. The number of carbonyl (C=O) groups excluding carboxylic acids is 1. The predicted octanol–water partition coefficient (Wildman–Crippen LogP) is 2.16. The van der Waals surface area contributed by atoms with E-state index in [1.165, 1.54) is 23.9 Å². The Labute approximate surface area is 125 Å². The van der Waals surface area contributed by atoms with Crippen molar-refractivity contribution in [1.29, 1.82) is 0 Å². The maximum absolute atomic E-state index is 12.0. The molecule has 0 spiro atoms. The fourth-order valence-corrected chi connectivity index (χ4v) is 2.26. The van der Waals surface area contributed by atoms with Crippen LogP contribution < -0.4 is 5.32 Å². The first-order chi connectivity index (χ1) is 9.77. The molecule has 0 fully saturated rings. The molecule has 0 saturated carbocycles. The molecule has 0 aliphatic carbocycles. The summed E-state index contributed by atoms with van der Waals surface area (Å²) in [4.78, 5) is 33.9. The molecule has 0 aromatic heterocycles. The Morgan fingerprint density at radius 1 is 1.38 bits per heavy atom. The van der Waals surface area contributed by atoms with Crippen molar-refractivity contribution in [2.45, 2.75) is 24.8 Å². The van der Waals surface area contributed by atoms with Gasteiger partial charge in [0.2, 0.25) is 0 Å². The van der Waals surface area contributed by atoms with E-state index < -0.39 is 22.8 Å². The third-order valence-corrected chi connectivity index (χ3v) is 3.64. The van der Waals surface area contributed by atoms with Crippen LogP contribution >= 0.6 is 11.8 Å². The summed E-state index contributed by atoms with van der Waals surface area (Å²) in [5.41, 5.74) is -0.113. The Morgan fingerprint density at radius 2 is 2.00 bits per heavy atom. The monoisotopic (exact) mass is 312 g/mol. The lowest BCUT2D eigenvalue weighted by atomic mass is 10.0. The Hall–Kier alpha value is -2.09. The lowest BCUT2D eigenvalue weighted by molar-refractivity contribution is -0.387. The van der Waals surface area contributed by atoms with Gasteiger partial charge in [-0.05, 0) is 24.3 Å². The number of carbonyl (C=O) groups is 2. The Kier molecular flexibility index (Phi) is 5.71. The van der Waals surface area contributed by atoms with E-state index in [2.05, 4.69) is 5.32 Å². The third-order valence-electron chi connectivity index (χ3n) is 2.86. The normalized spacial score (nSPS) is 12.0. The lowest BCUT2D eigenvalue weighted by Gasteiger charge is -2.17. The molecule has 0 heterocycles. The van der Waals surface area contributed by atoms with Crippen molar-refractivity contribution < 1.29 is 19.6 Å². The highest BCUT2D eigenvalue weighted by Crippen LogP contribution is 2.28. The van der Waals surface area contributed by atoms with E-state index in [9.17, 15) is 19.7 Å². The number of carboxylic acids is 1. The second-order valence-corrected chi connectivity index (χ2v) is 5.53. The molecule has 1 amide bonds. The van der Waals surface area contributed by atoms with Gasteiger partial charge in [-0.1, -0.05) is 13.8 Å². The number of benzene rings is 1. The van der Waals surface area contributed by atoms with Gasteiger partial charge in [-0.15, -0.1) is 11.8 Å². The van der Waals surface area contributed by atoms with E-state index in [-0.39, 0.29) is 17.2 Å². The number of nitrogens with zero attached hydrogens (tertiary/aromatic N) is 1. The van der Waals surface area contributed by atoms with Crippen LogP contribution in [0.4, 0.5) is 5.69 Å². The summed E-state index contributed by atoms with van der Waals surface area (Å²) < 4.78 is 0. The zero-order valence-electron chi connectivity index (χ0n) is 11.8. The quantitative estimate of drug-likeness (QED) is 0.473. The van der Waals surface area contributed by atoms with Gasteiger partial charge < -0.3 is 10.4 Å². The van der Waals surface area contributed by atoms with Crippen molar-refractivity contribution in [3.8, 4) is 0 Å². The van der Waals surface area contributed by atoms with Crippen molar-refractivity contribution >= 4 is 29.3 Å².